The van der Waals surface area contributed by atoms with Crippen LogP contribution in [0.3, 0.4) is 0 Å². The molecule has 3 aromatic rings. The summed E-state index contributed by atoms with van der Waals surface area (Å²) in [5, 5.41) is 19.3. The number of carbonyl (C=O) groups is 4. The maximum Gasteiger partial charge on any atom is 0.407 e. The van der Waals surface area contributed by atoms with Crippen molar-refractivity contribution in [3.63, 3.8) is 0 Å². The van der Waals surface area contributed by atoms with Gasteiger partial charge in [0.05, 0.1) is 36.1 Å². The highest BCUT2D eigenvalue weighted by molar-refractivity contribution is 7.20. The van der Waals surface area contributed by atoms with Gasteiger partial charge in [-0.25, -0.2) is 14.6 Å². The second kappa shape index (κ2) is 14.9. The third-order valence-corrected chi connectivity index (χ3v) is 7.59. The standard InChI is InChI=1S/C29H33N7O7S/c1-3-4-13-42-29(40)34-23(28(39)41-2)25(35-26(38)27-32-19-7-5-6-8-21(19)44-27)33-22(37)15-18-14-20(36-43-18)16-9-11-17(12-10-16)24(30)31/h5-12,18,23,25H,3-4,13-15H2,1-2H3,(H3,30,31)(H,33,37)(H,34,40)(H,35,38)/t18?,23?,25-/m1/s1. The molecule has 0 spiro atoms. The van der Waals surface area contributed by atoms with E-state index in [0.717, 1.165) is 35.1 Å². The molecule has 0 bridgehead atoms. The number of amides is 3. The number of oxime groups is 1. The van der Waals surface area contributed by atoms with Gasteiger partial charge in [-0.15, -0.1) is 11.3 Å². The van der Waals surface area contributed by atoms with E-state index in [4.69, 9.17) is 25.5 Å². The zero-order valence-corrected chi connectivity index (χ0v) is 24.9. The number of alkyl carbamates (subject to hydrolysis) is 1. The van der Waals surface area contributed by atoms with Gasteiger partial charge in [0.2, 0.25) is 5.91 Å². The molecule has 0 saturated carbocycles. The number of nitrogens with one attached hydrogen (secondary N) is 4. The molecular weight excluding hydrogens is 590 g/mol. The molecule has 44 heavy (non-hydrogen) atoms. The lowest BCUT2D eigenvalue weighted by Gasteiger charge is -2.27. The van der Waals surface area contributed by atoms with Crippen LogP contribution in [-0.2, 0) is 23.9 Å². The van der Waals surface area contributed by atoms with E-state index < -0.39 is 42.2 Å². The molecule has 1 aliphatic rings. The number of thiazole rings is 1. The van der Waals surface area contributed by atoms with E-state index in [0.29, 0.717) is 29.6 Å². The monoisotopic (exact) mass is 623 g/mol. The van der Waals surface area contributed by atoms with E-state index in [1.807, 2.05) is 19.1 Å². The number of hydrogen-bond donors (Lipinski definition) is 5. The third kappa shape index (κ3) is 8.28. The predicted octanol–water partition coefficient (Wildman–Crippen LogP) is 2.40. The van der Waals surface area contributed by atoms with Gasteiger partial charge < -0.3 is 36.0 Å². The Morgan fingerprint density at radius 2 is 1.86 bits per heavy atom. The smallest absolute Gasteiger partial charge is 0.407 e. The van der Waals surface area contributed by atoms with Crippen molar-refractivity contribution in [3.8, 4) is 0 Å². The SMILES string of the molecule is CCCCOC(=O)NC(C(=O)OC)[C@H](NC(=O)CC1CC(c2ccc(C(=N)N)cc2)=NO1)NC(=O)c1nc2ccccc2s1. The highest BCUT2D eigenvalue weighted by Crippen LogP contribution is 2.22. The Labute approximate surface area is 256 Å². The molecule has 0 saturated heterocycles. The summed E-state index contributed by atoms with van der Waals surface area (Å²) in [5.41, 5.74) is 8.03. The Balaban J connectivity index is 1.47. The highest BCUT2D eigenvalue weighted by atomic mass is 32.1. The zero-order valence-electron chi connectivity index (χ0n) is 24.1. The molecule has 0 aliphatic carbocycles. The summed E-state index contributed by atoms with van der Waals surface area (Å²) in [7, 11) is 1.11. The van der Waals surface area contributed by atoms with Crippen LogP contribution in [0.25, 0.3) is 10.2 Å². The Bertz CT molecular complexity index is 1520. The van der Waals surface area contributed by atoms with Crippen LogP contribution >= 0.6 is 11.3 Å². The van der Waals surface area contributed by atoms with E-state index in [1.165, 1.54) is 0 Å². The van der Waals surface area contributed by atoms with E-state index in [-0.39, 0.29) is 23.9 Å². The number of fused-ring (bicyclic) bond motifs is 1. The lowest BCUT2D eigenvalue weighted by molar-refractivity contribution is -0.144. The minimum atomic E-state index is -1.53. The molecule has 232 valence electrons. The number of hydrogen-bond acceptors (Lipinski definition) is 11. The quantitative estimate of drug-likeness (QED) is 0.0622. The van der Waals surface area contributed by atoms with Crippen LogP contribution < -0.4 is 21.7 Å². The summed E-state index contributed by atoms with van der Waals surface area (Å²) in [6, 6.07) is 12.5. The fraction of sp³-hybridized carbons (Fsp3) is 0.345. The number of unbranched alkanes of at least 4 members (excludes halogenated alkanes) is 1. The molecular formula is C29H33N7O7S. The van der Waals surface area contributed by atoms with Crippen molar-refractivity contribution >= 4 is 57.0 Å². The average Bonchev–Trinajstić information content (AvgIpc) is 3.67. The van der Waals surface area contributed by atoms with Gasteiger partial charge in [-0.05, 0) is 24.1 Å². The maximum absolute atomic E-state index is 13.3. The summed E-state index contributed by atoms with van der Waals surface area (Å²) in [4.78, 5) is 61.5. The molecule has 2 unspecified atom stereocenters. The minimum Gasteiger partial charge on any atom is -0.467 e. The van der Waals surface area contributed by atoms with Gasteiger partial charge >= 0.3 is 12.1 Å². The lowest BCUT2D eigenvalue weighted by atomic mass is 10.0. The van der Waals surface area contributed by atoms with Crippen molar-refractivity contribution in [2.75, 3.05) is 13.7 Å². The normalized spacial score (nSPS) is 15.3. The summed E-state index contributed by atoms with van der Waals surface area (Å²) in [6.07, 6.45) is -1.48. The lowest BCUT2D eigenvalue weighted by Crippen LogP contribution is -2.63. The Hall–Kier alpha value is -5.05. The van der Waals surface area contributed by atoms with Crippen molar-refractivity contribution in [2.45, 2.75) is 50.9 Å². The number of carbonyl (C=O) groups excluding carboxylic acids is 4. The number of aromatic nitrogens is 1. The van der Waals surface area contributed by atoms with Gasteiger partial charge in [-0.2, -0.15) is 0 Å². The molecule has 1 aliphatic heterocycles. The van der Waals surface area contributed by atoms with Crippen molar-refractivity contribution in [1.82, 2.24) is 20.9 Å². The Morgan fingerprint density at radius 1 is 1.11 bits per heavy atom. The molecule has 2 heterocycles. The van der Waals surface area contributed by atoms with Gasteiger partial charge in [0, 0.05) is 12.0 Å². The van der Waals surface area contributed by atoms with Gasteiger partial charge in [0.25, 0.3) is 5.91 Å². The second-order valence-electron chi connectivity index (χ2n) is 9.80. The summed E-state index contributed by atoms with van der Waals surface area (Å²) >= 11 is 1.13. The molecule has 14 nitrogen and oxygen atoms in total. The number of nitrogens with two attached hydrogens (primary N) is 1. The predicted molar refractivity (Wildman–Crippen MR) is 162 cm³/mol. The van der Waals surface area contributed by atoms with E-state index in [2.05, 4.69) is 26.1 Å². The Morgan fingerprint density at radius 3 is 2.55 bits per heavy atom. The summed E-state index contributed by atoms with van der Waals surface area (Å²) in [5.74, 6) is -2.26. The Kier molecular flexibility index (Phi) is 10.8. The summed E-state index contributed by atoms with van der Waals surface area (Å²) < 4.78 is 10.8. The molecule has 3 amide bonds. The molecule has 0 fully saturated rings. The fourth-order valence-electron chi connectivity index (χ4n) is 4.25. The van der Waals surface area contributed by atoms with Crippen molar-refractivity contribution in [3.05, 3.63) is 64.7 Å². The van der Waals surface area contributed by atoms with Crippen LogP contribution in [0, 0.1) is 5.41 Å². The van der Waals surface area contributed by atoms with Crippen LogP contribution in [0.1, 0.15) is 53.5 Å². The van der Waals surface area contributed by atoms with Gasteiger partial charge in [0.1, 0.15) is 18.1 Å². The van der Waals surface area contributed by atoms with Crippen LogP contribution in [0.5, 0.6) is 0 Å². The van der Waals surface area contributed by atoms with E-state index >= 15 is 0 Å². The molecule has 0 radical (unpaired) electrons. The number of esters is 1. The molecule has 2 aromatic carbocycles. The van der Waals surface area contributed by atoms with Crippen LogP contribution in [0.2, 0.25) is 0 Å². The van der Waals surface area contributed by atoms with Crippen molar-refractivity contribution < 1.29 is 33.5 Å². The number of nitrogen functional groups attached to an aromatic ring is 1. The first kappa shape index (κ1) is 31.9. The van der Waals surface area contributed by atoms with Gasteiger partial charge in [-0.1, -0.05) is 54.9 Å². The van der Waals surface area contributed by atoms with Crippen LogP contribution in [-0.4, -0.2) is 72.4 Å². The molecule has 6 N–H and O–H groups in total. The third-order valence-electron chi connectivity index (χ3n) is 6.56. The van der Waals surface area contributed by atoms with E-state index in [9.17, 15) is 19.2 Å². The van der Waals surface area contributed by atoms with Crippen LogP contribution in [0.15, 0.2) is 53.7 Å². The molecule has 4 rings (SSSR count). The number of rotatable bonds is 13. The highest BCUT2D eigenvalue weighted by Gasteiger charge is 2.36. The number of methoxy groups -OCH3 is 1. The maximum atomic E-state index is 13.3. The first-order valence-electron chi connectivity index (χ1n) is 13.8. The molecule has 1 aromatic heterocycles. The van der Waals surface area contributed by atoms with Gasteiger partial charge in [-0.3, -0.25) is 15.0 Å². The minimum absolute atomic E-state index is 0.0607. The average molecular weight is 624 g/mol. The number of amidine groups is 1. The number of benzene rings is 2. The van der Waals surface area contributed by atoms with Crippen LogP contribution in [0.4, 0.5) is 4.79 Å². The first-order valence-corrected chi connectivity index (χ1v) is 14.6. The topological polar surface area (TPSA) is 207 Å². The fourth-order valence-corrected chi connectivity index (χ4v) is 5.12. The number of para-hydroxylation sites is 1. The second-order valence-corrected chi connectivity index (χ2v) is 10.8. The van der Waals surface area contributed by atoms with E-state index in [1.54, 1.807) is 36.4 Å². The molecule has 15 heteroatoms. The van der Waals surface area contributed by atoms with Gasteiger partial charge in [0.15, 0.2) is 11.0 Å². The number of nitrogens with zero attached hydrogens (tertiary/aromatic N) is 2. The van der Waals surface area contributed by atoms with Crippen molar-refractivity contribution in [2.24, 2.45) is 10.9 Å². The van der Waals surface area contributed by atoms with Crippen molar-refractivity contribution in [1.29, 1.82) is 5.41 Å². The first-order chi connectivity index (χ1) is 21.2. The summed E-state index contributed by atoms with van der Waals surface area (Å²) in [6.45, 7) is 2.04. The zero-order chi connectivity index (χ0) is 31.6. The largest absolute Gasteiger partial charge is 0.467 e. The molecule has 3 atom stereocenters. The number of ether oxygens (including phenoxy) is 2.